The maximum absolute atomic E-state index is 12.2. The number of rotatable bonds is 8. The molecule has 4 nitrogen and oxygen atoms in total. The molecule has 1 fully saturated rings. The first-order chi connectivity index (χ1) is 12.5. The second-order valence-corrected chi connectivity index (χ2v) is 7.50. The molecule has 1 aliphatic carbocycles. The first-order valence-electron chi connectivity index (χ1n) is 9.01. The number of carbonyl (C=O) groups is 1. The lowest BCUT2D eigenvalue weighted by molar-refractivity contribution is -0.119. The summed E-state index contributed by atoms with van der Waals surface area (Å²) in [6.07, 6.45) is 2.31. The fraction of sp³-hybridized carbons (Fsp3) is 0.381. The molecule has 2 N–H and O–H groups in total. The summed E-state index contributed by atoms with van der Waals surface area (Å²) in [6, 6.07) is 15.9. The molecule has 3 rings (SSSR count). The predicted molar refractivity (Wildman–Crippen MR) is 106 cm³/mol. The molecule has 1 amide bonds. The van der Waals surface area contributed by atoms with Crippen LogP contribution in [0.3, 0.4) is 0 Å². The van der Waals surface area contributed by atoms with Gasteiger partial charge in [0.05, 0.1) is 17.7 Å². The fourth-order valence-electron chi connectivity index (χ4n) is 2.98. The van der Waals surface area contributed by atoms with E-state index in [1.165, 1.54) is 5.56 Å². The van der Waals surface area contributed by atoms with Gasteiger partial charge in [-0.05, 0) is 50.5 Å². The third kappa shape index (κ3) is 4.70. The van der Waals surface area contributed by atoms with Crippen LogP contribution in [0.2, 0.25) is 5.02 Å². The topological polar surface area (TPSA) is 50.4 Å². The minimum absolute atomic E-state index is 0.0224. The number of anilines is 1. The molecule has 2 aromatic rings. The van der Waals surface area contributed by atoms with E-state index >= 15 is 0 Å². The van der Waals surface area contributed by atoms with Crippen LogP contribution in [0.15, 0.2) is 48.5 Å². The molecule has 0 aliphatic heterocycles. The quantitative estimate of drug-likeness (QED) is 0.722. The van der Waals surface area contributed by atoms with Crippen molar-refractivity contribution in [3.8, 4) is 5.75 Å². The van der Waals surface area contributed by atoms with Crippen LogP contribution in [0.25, 0.3) is 0 Å². The van der Waals surface area contributed by atoms with Crippen molar-refractivity contribution >= 4 is 23.2 Å². The number of hydrogen-bond donors (Lipinski definition) is 2. The molecular formula is C21H25ClN2O2. The van der Waals surface area contributed by atoms with E-state index in [1.807, 2.05) is 32.0 Å². The molecular weight excluding hydrogens is 348 g/mol. The number of benzene rings is 2. The molecule has 2 aromatic carbocycles. The van der Waals surface area contributed by atoms with Crippen molar-refractivity contribution in [2.45, 2.75) is 38.2 Å². The van der Waals surface area contributed by atoms with Gasteiger partial charge in [-0.25, -0.2) is 0 Å². The van der Waals surface area contributed by atoms with Gasteiger partial charge < -0.3 is 15.4 Å². The van der Waals surface area contributed by atoms with Gasteiger partial charge in [0.1, 0.15) is 5.75 Å². The SMILES string of the molecule is CC(C)Oc1ccc(NCC(=O)NCC2(c3ccccc3)CC2)cc1Cl. The van der Waals surface area contributed by atoms with Crippen LogP contribution >= 0.6 is 11.6 Å². The second kappa shape index (κ2) is 8.00. The third-order valence-electron chi connectivity index (χ3n) is 4.61. The fourth-order valence-corrected chi connectivity index (χ4v) is 3.21. The number of nitrogens with one attached hydrogen (secondary N) is 2. The molecule has 0 saturated heterocycles. The summed E-state index contributed by atoms with van der Waals surface area (Å²) in [5, 5.41) is 6.69. The Morgan fingerprint density at radius 1 is 1.19 bits per heavy atom. The summed E-state index contributed by atoms with van der Waals surface area (Å²) in [4.78, 5) is 12.2. The Balaban J connectivity index is 1.48. The summed E-state index contributed by atoms with van der Waals surface area (Å²) < 4.78 is 5.61. The molecule has 0 spiro atoms. The summed E-state index contributed by atoms with van der Waals surface area (Å²) in [5.74, 6) is 0.626. The zero-order chi connectivity index (χ0) is 18.6. The van der Waals surface area contributed by atoms with E-state index < -0.39 is 0 Å². The Kier molecular flexibility index (Phi) is 5.72. The van der Waals surface area contributed by atoms with Gasteiger partial charge in [-0.3, -0.25) is 4.79 Å². The maximum Gasteiger partial charge on any atom is 0.239 e. The molecule has 0 radical (unpaired) electrons. The van der Waals surface area contributed by atoms with Crippen molar-refractivity contribution in [1.29, 1.82) is 0 Å². The Labute approximate surface area is 159 Å². The minimum Gasteiger partial charge on any atom is -0.489 e. The van der Waals surface area contributed by atoms with Gasteiger partial charge >= 0.3 is 0 Å². The lowest BCUT2D eigenvalue weighted by Gasteiger charge is -2.17. The zero-order valence-corrected chi connectivity index (χ0v) is 16.0. The van der Waals surface area contributed by atoms with Gasteiger partial charge in [0.15, 0.2) is 0 Å². The van der Waals surface area contributed by atoms with Crippen LogP contribution in [0.1, 0.15) is 32.3 Å². The van der Waals surface area contributed by atoms with Crippen LogP contribution in [0, 0.1) is 0 Å². The standard InChI is InChI=1S/C21H25ClN2O2/c1-15(2)26-19-9-8-17(12-18(19)22)23-13-20(25)24-14-21(10-11-21)16-6-4-3-5-7-16/h3-9,12,15,23H,10-11,13-14H2,1-2H3,(H,24,25). The Bertz CT molecular complexity index is 758. The first-order valence-corrected chi connectivity index (χ1v) is 9.39. The van der Waals surface area contributed by atoms with Gasteiger partial charge in [0, 0.05) is 17.6 Å². The average molecular weight is 373 g/mol. The van der Waals surface area contributed by atoms with E-state index in [0.29, 0.717) is 17.3 Å². The van der Waals surface area contributed by atoms with E-state index in [0.717, 1.165) is 18.5 Å². The molecule has 1 saturated carbocycles. The summed E-state index contributed by atoms with van der Waals surface area (Å²) in [6.45, 7) is 4.80. The van der Waals surface area contributed by atoms with Crippen LogP contribution < -0.4 is 15.4 Å². The zero-order valence-electron chi connectivity index (χ0n) is 15.2. The second-order valence-electron chi connectivity index (χ2n) is 7.09. The monoisotopic (exact) mass is 372 g/mol. The van der Waals surface area contributed by atoms with E-state index in [2.05, 4.69) is 34.9 Å². The summed E-state index contributed by atoms with van der Waals surface area (Å²) >= 11 is 6.22. The van der Waals surface area contributed by atoms with Crippen LogP contribution in [0.4, 0.5) is 5.69 Å². The summed E-state index contributed by atoms with van der Waals surface area (Å²) in [5.41, 5.74) is 2.22. The van der Waals surface area contributed by atoms with Crippen LogP contribution in [0.5, 0.6) is 5.75 Å². The minimum atomic E-state index is -0.0224. The van der Waals surface area contributed by atoms with Gasteiger partial charge in [0.25, 0.3) is 0 Å². The molecule has 138 valence electrons. The van der Waals surface area contributed by atoms with Gasteiger partial charge in [-0.2, -0.15) is 0 Å². The van der Waals surface area contributed by atoms with E-state index in [4.69, 9.17) is 16.3 Å². The smallest absolute Gasteiger partial charge is 0.239 e. The molecule has 5 heteroatoms. The molecule has 0 aromatic heterocycles. The highest BCUT2D eigenvalue weighted by Gasteiger charge is 2.44. The van der Waals surface area contributed by atoms with E-state index in [-0.39, 0.29) is 24.0 Å². The highest BCUT2D eigenvalue weighted by Crippen LogP contribution is 2.47. The van der Waals surface area contributed by atoms with Crippen molar-refractivity contribution in [2.24, 2.45) is 0 Å². The van der Waals surface area contributed by atoms with Crippen molar-refractivity contribution in [2.75, 3.05) is 18.4 Å². The Morgan fingerprint density at radius 2 is 1.92 bits per heavy atom. The van der Waals surface area contributed by atoms with Gasteiger partial charge in [0.2, 0.25) is 5.91 Å². The van der Waals surface area contributed by atoms with Crippen LogP contribution in [-0.4, -0.2) is 25.1 Å². The van der Waals surface area contributed by atoms with Crippen molar-refractivity contribution in [3.63, 3.8) is 0 Å². The maximum atomic E-state index is 12.2. The van der Waals surface area contributed by atoms with Gasteiger partial charge in [-0.1, -0.05) is 41.9 Å². The number of ether oxygens (including phenoxy) is 1. The third-order valence-corrected chi connectivity index (χ3v) is 4.91. The molecule has 0 atom stereocenters. The van der Waals surface area contributed by atoms with Crippen molar-refractivity contribution in [1.82, 2.24) is 5.32 Å². The van der Waals surface area contributed by atoms with E-state index in [9.17, 15) is 4.79 Å². The lowest BCUT2D eigenvalue weighted by Crippen LogP contribution is -2.35. The number of amides is 1. The average Bonchev–Trinajstić information content (AvgIpc) is 3.42. The highest BCUT2D eigenvalue weighted by molar-refractivity contribution is 6.32. The molecule has 26 heavy (non-hydrogen) atoms. The number of carbonyl (C=O) groups excluding carboxylic acids is 1. The lowest BCUT2D eigenvalue weighted by atomic mass is 9.96. The summed E-state index contributed by atoms with van der Waals surface area (Å²) in [7, 11) is 0. The normalized spacial score (nSPS) is 14.8. The Morgan fingerprint density at radius 3 is 2.54 bits per heavy atom. The molecule has 0 unspecified atom stereocenters. The van der Waals surface area contributed by atoms with Gasteiger partial charge in [-0.15, -0.1) is 0 Å². The highest BCUT2D eigenvalue weighted by atomic mass is 35.5. The van der Waals surface area contributed by atoms with Crippen molar-refractivity contribution < 1.29 is 9.53 Å². The Hall–Kier alpha value is -2.20. The van der Waals surface area contributed by atoms with Crippen LogP contribution in [-0.2, 0) is 10.2 Å². The first kappa shape index (κ1) is 18.6. The number of hydrogen-bond acceptors (Lipinski definition) is 3. The number of halogens is 1. The molecule has 0 bridgehead atoms. The molecule has 1 aliphatic rings. The molecule has 0 heterocycles. The van der Waals surface area contributed by atoms with Crippen molar-refractivity contribution in [3.05, 3.63) is 59.1 Å². The largest absolute Gasteiger partial charge is 0.489 e. The van der Waals surface area contributed by atoms with E-state index in [1.54, 1.807) is 6.07 Å². The predicted octanol–water partition coefficient (Wildman–Crippen LogP) is 4.39.